The van der Waals surface area contributed by atoms with Crippen LogP contribution < -0.4 is 10.1 Å². The first-order valence-corrected chi connectivity index (χ1v) is 12.0. The van der Waals surface area contributed by atoms with Crippen LogP contribution in [-0.2, 0) is 11.2 Å². The summed E-state index contributed by atoms with van der Waals surface area (Å²) in [5, 5.41) is 13.7. The first-order chi connectivity index (χ1) is 15.8. The summed E-state index contributed by atoms with van der Waals surface area (Å²) in [6.07, 6.45) is 9.22. The second-order valence-corrected chi connectivity index (χ2v) is 9.98. The number of pyridine rings is 1. The third-order valence-corrected chi connectivity index (χ3v) is 7.90. The lowest BCUT2D eigenvalue weighted by Crippen LogP contribution is -2.54. The van der Waals surface area contributed by atoms with Gasteiger partial charge in [-0.25, -0.2) is 4.98 Å². The molecule has 0 radical (unpaired) electrons. The summed E-state index contributed by atoms with van der Waals surface area (Å²) in [5.74, 6) is 2.11. The maximum atomic E-state index is 13.3. The molecule has 1 aromatic rings. The summed E-state index contributed by atoms with van der Waals surface area (Å²) in [6.45, 7) is 7.67. The van der Waals surface area contributed by atoms with Gasteiger partial charge in [-0.2, -0.15) is 0 Å². The van der Waals surface area contributed by atoms with E-state index in [0.717, 1.165) is 65.9 Å². The molecule has 1 aliphatic carbocycles. The molecule has 4 aliphatic rings. The summed E-state index contributed by atoms with van der Waals surface area (Å²) in [7, 11) is 0. The molecule has 3 aliphatic heterocycles. The molecule has 2 N–H and O–H groups in total. The van der Waals surface area contributed by atoms with Gasteiger partial charge in [0, 0.05) is 42.0 Å². The number of ether oxygens (including phenoxy) is 1. The Bertz CT molecular complexity index is 1180. The number of carbonyl (C=O) groups excluding carboxylic acids is 1. The molecule has 0 spiro atoms. The van der Waals surface area contributed by atoms with E-state index in [1.807, 2.05) is 40.0 Å². The largest absolute Gasteiger partial charge is 0.507 e. The van der Waals surface area contributed by atoms with Crippen molar-refractivity contribution >= 4 is 5.91 Å². The average molecular weight is 448 g/mol. The molecule has 6 heteroatoms. The molecule has 0 aromatic heterocycles. The number of aromatic hydroxyl groups is 1. The summed E-state index contributed by atoms with van der Waals surface area (Å²) < 4.78 is 8.65. The van der Waals surface area contributed by atoms with Crippen LogP contribution in [0.3, 0.4) is 0 Å². The summed E-state index contributed by atoms with van der Waals surface area (Å²) in [5.41, 5.74) is 3.89. The van der Waals surface area contributed by atoms with E-state index in [4.69, 9.17) is 4.74 Å². The first-order valence-electron chi connectivity index (χ1n) is 12.0. The zero-order valence-electron chi connectivity index (χ0n) is 19.9. The molecule has 33 heavy (non-hydrogen) atoms. The van der Waals surface area contributed by atoms with Gasteiger partial charge in [-0.15, -0.1) is 0 Å². The molecule has 1 aromatic carbocycles. The van der Waals surface area contributed by atoms with Crippen molar-refractivity contribution in [1.29, 1.82) is 0 Å². The van der Waals surface area contributed by atoms with Crippen molar-refractivity contribution in [1.82, 2.24) is 14.9 Å². The van der Waals surface area contributed by atoms with Gasteiger partial charge in [0.15, 0.2) is 5.60 Å². The van der Waals surface area contributed by atoms with Crippen LogP contribution in [0.5, 0.6) is 11.5 Å². The average Bonchev–Trinajstić information content (AvgIpc) is 3.31. The monoisotopic (exact) mass is 447 g/mol. The fourth-order valence-electron chi connectivity index (χ4n) is 5.53. The van der Waals surface area contributed by atoms with Crippen LogP contribution in [0.1, 0.15) is 67.3 Å². The van der Waals surface area contributed by atoms with Gasteiger partial charge in [0.05, 0.1) is 0 Å². The number of carbonyl (C=O) groups is 1. The van der Waals surface area contributed by atoms with E-state index < -0.39 is 5.60 Å². The van der Waals surface area contributed by atoms with E-state index in [-0.39, 0.29) is 11.9 Å². The number of rotatable bonds is 3. The quantitative estimate of drug-likeness (QED) is 0.592. The third-order valence-electron chi connectivity index (χ3n) is 7.90. The van der Waals surface area contributed by atoms with Crippen LogP contribution in [-0.4, -0.2) is 32.2 Å². The Morgan fingerprint density at radius 2 is 1.91 bits per heavy atom. The lowest BCUT2D eigenvalue weighted by molar-refractivity contribution is -0.138. The van der Waals surface area contributed by atoms with Crippen molar-refractivity contribution in [3.8, 4) is 22.9 Å². The SMILES string of the molecule is Cc1c(C)c2c(c(C)c1O)CCC(C)(C(=O)NC1CCC(n3cccc4ccnc3-4)CC1)O2. The molecule has 1 saturated carbocycles. The molecule has 6 nitrogen and oxygen atoms in total. The van der Waals surface area contributed by atoms with Gasteiger partial charge in [0.2, 0.25) is 0 Å². The Kier molecular flexibility index (Phi) is 5.34. The zero-order chi connectivity index (χ0) is 23.3. The smallest absolute Gasteiger partial charge is 0.264 e. The molecule has 3 heterocycles. The van der Waals surface area contributed by atoms with Gasteiger partial charge in [-0.3, -0.25) is 4.79 Å². The maximum Gasteiger partial charge on any atom is 0.264 e. The first kappa shape index (κ1) is 21.8. The number of phenols is 1. The Morgan fingerprint density at radius 3 is 2.67 bits per heavy atom. The Morgan fingerprint density at radius 1 is 1.15 bits per heavy atom. The van der Waals surface area contributed by atoms with Crippen LogP contribution in [0.15, 0.2) is 30.6 Å². The highest BCUT2D eigenvalue weighted by Gasteiger charge is 2.41. The number of hydrogen-bond acceptors (Lipinski definition) is 4. The van der Waals surface area contributed by atoms with Crippen molar-refractivity contribution in [2.75, 3.05) is 0 Å². The van der Waals surface area contributed by atoms with Crippen LogP contribution >= 0.6 is 0 Å². The van der Waals surface area contributed by atoms with Crippen LogP contribution in [0.4, 0.5) is 0 Å². The number of aromatic nitrogens is 2. The van der Waals surface area contributed by atoms with Crippen LogP contribution in [0.2, 0.25) is 0 Å². The molecule has 5 rings (SSSR count). The number of nitrogens with one attached hydrogen (secondary N) is 1. The second-order valence-electron chi connectivity index (χ2n) is 9.98. The van der Waals surface area contributed by atoms with Gasteiger partial charge >= 0.3 is 0 Å². The normalized spacial score (nSPS) is 24.8. The molecule has 1 amide bonds. The molecule has 1 fully saturated rings. The number of phenolic OH excluding ortho intramolecular Hbond substituents is 1. The van der Waals surface area contributed by atoms with Crippen LogP contribution in [0, 0.1) is 20.8 Å². The van der Waals surface area contributed by atoms with Gasteiger partial charge in [-0.1, -0.05) is 0 Å². The van der Waals surface area contributed by atoms with Crippen LogP contribution in [0.25, 0.3) is 11.4 Å². The lowest BCUT2D eigenvalue weighted by atomic mass is 9.85. The van der Waals surface area contributed by atoms with E-state index in [1.54, 1.807) is 0 Å². The number of nitrogens with zero attached hydrogens (tertiary/aromatic N) is 2. The minimum Gasteiger partial charge on any atom is -0.507 e. The highest BCUT2D eigenvalue weighted by atomic mass is 16.5. The fraction of sp³-hybridized carbons (Fsp3) is 0.481. The predicted molar refractivity (Wildman–Crippen MR) is 128 cm³/mol. The number of hydrogen-bond donors (Lipinski definition) is 2. The molecule has 1 atom stereocenters. The fourth-order valence-corrected chi connectivity index (χ4v) is 5.53. The van der Waals surface area contributed by atoms with Crippen molar-refractivity contribution in [2.24, 2.45) is 0 Å². The zero-order valence-corrected chi connectivity index (χ0v) is 19.9. The van der Waals surface area contributed by atoms with E-state index >= 15 is 0 Å². The van der Waals surface area contributed by atoms with Gasteiger partial charge in [-0.05, 0) is 94.7 Å². The molecule has 0 saturated heterocycles. The molecular formula is C27H33N3O3. The summed E-state index contributed by atoms with van der Waals surface area (Å²) in [4.78, 5) is 17.9. The topological polar surface area (TPSA) is 76.4 Å². The van der Waals surface area contributed by atoms with E-state index in [9.17, 15) is 9.90 Å². The highest BCUT2D eigenvalue weighted by molar-refractivity contribution is 5.86. The van der Waals surface area contributed by atoms with Crippen molar-refractivity contribution in [3.05, 3.63) is 52.8 Å². The number of benzene rings is 1. The lowest BCUT2D eigenvalue weighted by Gasteiger charge is -2.38. The summed E-state index contributed by atoms with van der Waals surface area (Å²) >= 11 is 0. The van der Waals surface area contributed by atoms with Gasteiger partial charge in [0.1, 0.15) is 17.3 Å². The van der Waals surface area contributed by atoms with E-state index in [2.05, 4.69) is 33.2 Å². The Labute approximate surface area is 195 Å². The minimum atomic E-state index is -0.899. The predicted octanol–water partition coefficient (Wildman–Crippen LogP) is 5.00. The van der Waals surface area contributed by atoms with Gasteiger partial charge in [0.25, 0.3) is 5.91 Å². The van der Waals surface area contributed by atoms with Crippen molar-refractivity contribution < 1.29 is 14.6 Å². The van der Waals surface area contributed by atoms with E-state index in [0.29, 0.717) is 18.2 Å². The molecule has 1 unspecified atom stereocenters. The molecule has 0 bridgehead atoms. The van der Waals surface area contributed by atoms with Crippen molar-refractivity contribution in [3.63, 3.8) is 0 Å². The minimum absolute atomic E-state index is 0.0353. The third kappa shape index (κ3) is 3.65. The van der Waals surface area contributed by atoms with Gasteiger partial charge < -0.3 is 19.7 Å². The standard InChI is InChI=1S/C27H33N3O3/c1-16-17(2)24-22(18(3)23(16)31)11-13-27(4,33-24)26(32)29-20-7-9-21(10-8-20)30-15-5-6-19-12-14-28-25(19)30/h5-6,12,14-15,20-21,31H,7-11,13H2,1-4H3,(H,29,32). The second kappa shape index (κ2) is 8.08. The summed E-state index contributed by atoms with van der Waals surface area (Å²) in [6, 6.07) is 6.80. The number of fused-ring (bicyclic) bond motifs is 2. The van der Waals surface area contributed by atoms with E-state index in [1.165, 1.54) is 5.56 Å². The molecule has 174 valence electrons. The van der Waals surface area contributed by atoms with Crippen molar-refractivity contribution in [2.45, 2.75) is 83.9 Å². The maximum absolute atomic E-state index is 13.3. The molecular weight excluding hydrogens is 414 g/mol. The Hall–Kier alpha value is -3.02. The highest BCUT2D eigenvalue weighted by Crippen LogP contribution is 2.43. The Balaban J connectivity index is 1.25. The number of amides is 1.